The van der Waals surface area contributed by atoms with E-state index in [1.165, 1.54) is 25.8 Å². The van der Waals surface area contributed by atoms with E-state index in [2.05, 4.69) is 31.2 Å². The highest BCUT2D eigenvalue weighted by molar-refractivity contribution is 4.50. The van der Waals surface area contributed by atoms with Gasteiger partial charge in [0.05, 0.1) is 0 Å². The normalized spacial score (nSPS) is 10.9. The number of rotatable bonds is 7. The fraction of sp³-hybridized carbons (Fsp3) is 1.00. The van der Waals surface area contributed by atoms with E-state index in [9.17, 15) is 0 Å². The van der Waals surface area contributed by atoms with Crippen molar-refractivity contribution in [2.75, 3.05) is 33.7 Å². The van der Waals surface area contributed by atoms with Gasteiger partial charge in [-0.15, -0.1) is 0 Å². The second-order valence-corrected chi connectivity index (χ2v) is 3.26. The molecule has 0 bridgehead atoms. The molecule has 0 rings (SSSR count). The number of unbranched alkanes of at least 4 members (excludes halogenated alkanes) is 2. The number of hydrogen-bond donors (Lipinski definition) is 1. The molecule has 2 nitrogen and oxygen atoms in total. The number of likely N-dealkylation sites (N-methyl/N-ethyl adjacent to an activating group) is 1. The van der Waals surface area contributed by atoms with Crippen molar-refractivity contribution in [2.24, 2.45) is 0 Å². The molecule has 0 unspecified atom stereocenters. The minimum Gasteiger partial charge on any atom is -0.315 e. The lowest BCUT2D eigenvalue weighted by Gasteiger charge is -2.09. The highest BCUT2D eigenvalue weighted by Gasteiger charge is 1.89. The Morgan fingerprint density at radius 1 is 1.09 bits per heavy atom. The van der Waals surface area contributed by atoms with E-state index in [0.717, 1.165) is 13.1 Å². The first-order valence-corrected chi connectivity index (χ1v) is 4.62. The van der Waals surface area contributed by atoms with Crippen LogP contribution in [0.5, 0.6) is 0 Å². The van der Waals surface area contributed by atoms with E-state index >= 15 is 0 Å². The molecule has 68 valence electrons. The van der Waals surface area contributed by atoms with E-state index in [1.54, 1.807) is 0 Å². The van der Waals surface area contributed by atoms with Gasteiger partial charge in [0.2, 0.25) is 0 Å². The molecule has 0 aliphatic rings. The molecule has 0 heterocycles. The first kappa shape index (κ1) is 10.9. The van der Waals surface area contributed by atoms with Crippen molar-refractivity contribution in [3.05, 3.63) is 0 Å². The molecule has 0 spiro atoms. The number of nitrogens with one attached hydrogen (secondary N) is 1. The summed E-state index contributed by atoms with van der Waals surface area (Å²) in [6.07, 6.45) is 3.99. The van der Waals surface area contributed by atoms with Crippen molar-refractivity contribution in [3.63, 3.8) is 0 Å². The molecule has 0 radical (unpaired) electrons. The van der Waals surface area contributed by atoms with Crippen molar-refractivity contribution in [3.8, 4) is 0 Å². The Bertz CT molecular complexity index is 72.0. The highest BCUT2D eigenvalue weighted by Crippen LogP contribution is 1.90. The van der Waals surface area contributed by atoms with E-state index < -0.39 is 0 Å². The van der Waals surface area contributed by atoms with Crippen LogP contribution in [0.4, 0.5) is 0 Å². The molecule has 2 heteroatoms. The molecule has 0 aromatic carbocycles. The van der Waals surface area contributed by atoms with E-state index in [-0.39, 0.29) is 0 Å². The maximum atomic E-state index is 3.41. The third kappa shape index (κ3) is 9.92. The van der Waals surface area contributed by atoms with Crippen molar-refractivity contribution < 1.29 is 0 Å². The van der Waals surface area contributed by atoms with Gasteiger partial charge in [-0.2, -0.15) is 0 Å². The van der Waals surface area contributed by atoms with Crippen LogP contribution in [-0.2, 0) is 0 Å². The third-order valence-electron chi connectivity index (χ3n) is 1.69. The molecule has 11 heavy (non-hydrogen) atoms. The summed E-state index contributed by atoms with van der Waals surface area (Å²) in [7, 11) is 4.21. The van der Waals surface area contributed by atoms with Gasteiger partial charge in [-0.3, -0.25) is 0 Å². The molecule has 0 aromatic rings. The number of nitrogens with zero attached hydrogens (tertiary/aromatic N) is 1. The minimum absolute atomic E-state index is 1.12. The Morgan fingerprint density at radius 2 is 1.82 bits per heavy atom. The molecular formula is C9H22N2. The van der Waals surface area contributed by atoms with Crippen LogP contribution in [0.15, 0.2) is 0 Å². The molecule has 0 fully saturated rings. The van der Waals surface area contributed by atoms with Gasteiger partial charge in [0.1, 0.15) is 0 Å². The Hall–Kier alpha value is -0.0800. The van der Waals surface area contributed by atoms with Gasteiger partial charge in [-0.25, -0.2) is 0 Å². The minimum atomic E-state index is 1.12. The molecule has 0 aromatic heterocycles. The van der Waals surface area contributed by atoms with Crippen LogP contribution in [0.1, 0.15) is 26.2 Å². The topological polar surface area (TPSA) is 15.3 Å². The SMILES string of the molecule is CCCCCNCCN(C)C. The maximum absolute atomic E-state index is 3.41. The lowest BCUT2D eigenvalue weighted by Crippen LogP contribution is -2.27. The molecule has 0 aliphatic carbocycles. The predicted molar refractivity (Wildman–Crippen MR) is 50.9 cm³/mol. The van der Waals surface area contributed by atoms with Crippen LogP contribution < -0.4 is 5.32 Å². The lowest BCUT2D eigenvalue weighted by atomic mass is 10.2. The standard InChI is InChI=1S/C9H22N2/c1-4-5-6-7-10-8-9-11(2)3/h10H,4-9H2,1-3H3. The van der Waals surface area contributed by atoms with Crippen molar-refractivity contribution >= 4 is 0 Å². The van der Waals surface area contributed by atoms with Gasteiger partial charge in [-0.1, -0.05) is 19.8 Å². The van der Waals surface area contributed by atoms with Crippen LogP contribution in [0.3, 0.4) is 0 Å². The quantitative estimate of drug-likeness (QED) is 0.562. The number of hydrogen-bond acceptors (Lipinski definition) is 2. The van der Waals surface area contributed by atoms with Crippen LogP contribution in [0.2, 0.25) is 0 Å². The molecule has 0 saturated carbocycles. The van der Waals surface area contributed by atoms with Crippen LogP contribution in [0.25, 0.3) is 0 Å². The Labute approximate surface area is 71.0 Å². The smallest absolute Gasteiger partial charge is 0.0101 e. The maximum Gasteiger partial charge on any atom is 0.0101 e. The van der Waals surface area contributed by atoms with Gasteiger partial charge < -0.3 is 10.2 Å². The summed E-state index contributed by atoms with van der Waals surface area (Å²) in [6.45, 7) is 5.68. The van der Waals surface area contributed by atoms with Gasteiger partial charge in [0, 0.05) is 13.1 Å². The molecule has 0 atom stereocenters. The summed E-state index contributed by atoms with van der Waals surface area (Å²) >= 11 is 0. The second kappa shape index (κ2) is 8.02. The third-order valence-corrected chi connectivity index (χ3v) is 1.69. The Kier molecular flexibility index (Phi) is 7.96. The van der Waals surface area contributed by atoms with Crippen LogP contribution in [-0.4, -0.2) is 38.6 Å². The molecule has 1 N–H and O–H groups in total. The van der Waals surface area contributed by atoms with Crippen LogP contribution in [0, 0.1) is 0 Å². The van der Waals surface area contributed by atoms with E-state index in [1.807, 2.05) is 0 Å². The lowest BCUT2D eigenvalue weighted by molar-refractivity contribution is 0.399. The fourth-order valence-corrected chi connectivity index (χ4v) is 0.928. The highest BCUT2D eigenvalue weighted by atomic mass is 15.1. The summed E-state index contributed by atoms with van der Waals surface area (Å²) in [5.41, 5.74) is 0. The summed E-state index contributed by atoms with van der Waals surface area (Å²) in [5, 5.41) is 3.41. The van der Waals surface area contributed by atoms with E-state index in [0.29, 0.717) is 0 Å². The zero-order valence-electron chi connectivity index (χ0n) is 8.19. The van der Waals surface area contributed by atoms with Crippen molar-refractivity contribution in [2.45, 2.75) is 26.2 Å². The van der Waals surface area contributed by atoms with Gasteiger partial charge in [0.25, 0.3) is 0 Å². The molecular weight excluding hydrogens is 136 g/mol. The molecule has 0 saturated heterocycles. The molecule has 0 amide bonds. The second-order valence-electron chi connectivity index (χ2n) is 3.26. The summed E-state index contributed by atoms with van der Waals surface area (Å²) < 4.78 is 0. The monoisotopic (exact) mass is 158 g/mol. The first-order valence-electron chi connectivity index (χ1n) is 4.62. The first-order chi connectivity index (χ1) is 5.27. The van der Waals surface area contributed by atoms with Gasteiger partial charge in [-0.05, 0) is 27.1 Å². The predicted octanol–water partition coefficient (Wildman–Crippen LogP) is 1.33. The van der Waals surface area contributed by atoms with Gasteiger partial charge in [0.15, 0.2) is 0 Å². The average molecular weight is 158 g/mol. The summed E-state index contributed by atoms with van der Waals surface area (Å²) in [5.74, 6) is 0. The Balaban J connectivity index is 2.80. The van der Waals surface area contributed by atoms with Crippen LogP contribution >= 0.6 is 0 Å². The summed E-state index contributed by atoms with van der Waals surface area (Å²) in [4.78, 5) is 2.20. The Morgan fingerprint density at radius 3 is 2.36 bits per heavy atom. The summed E-state index contributed by atoms with van der Waals surface area (Å²) in [6, 6.07) is 0. The average Bonchev–Trinajstić information content (AvgIpc) is 1.96. The van der Waals surface area contributed by atoms with E-state index in [4.69, 9.17) is 0 Å². The zero-order chi connectivity index (χ0) is 8.53. The largest absolute Gasteiger partial charge is 0.315 e. The zero-order valence-corrected chi connectivity index (χ0v) is 8.19. The van der Waals surface area contributed by atoms with Gasteiger partial charge >= 0.3 is 0 Å². The van der Waals surface area contributed by atoms with Crippen molar-refractivity contribution in [1.82, 2.24) is 10.2 Å². The van der Waals surface area contributed by atoms with Crippen molar-refractivity contribution in [1.29, 1.82) is 0 Å². The molecule has 0 aliphatic heterocycles. The fourth-order valence-electron chi connectivity index (χ4n) is 0.928.